The van der Waals surface area contributed by atoms with Crippen molar-refractivity contribution >= 4 is 29.2 Å². The predicted octanol–water partition coefficient (Wildman–Crippen LogP) is 0.890. The number of carboxylic acids is 1. The predicted molar refractivity (Wildman–Crippen MR) is 74.9 cm³/mol. The fraction of sp³-hybridized carbons (Fsp3) is 0.308. The van der Waals surface area contributed by atoms with Gasteiger partial charge in [0.2, 0.25) is 11.8 Å². The Kier molecular flexibility index (Phi) is 5.22. The highest BCUT2D eigenvalue weighted by Gasteiger charge is 2.16. The van der Waals surface area contributed by atoms with E-state index in [-0.39, 0.29) is 23.1 Å². The topological polar surface area (TPSA) is 108 Å². The molecule has 108 valence electrons. The number of carboxylic acid groups (broad SMARTS) is 1. The molecule has 1 rings (SSSR count). The highest BCUT2D eigenvalue weighted by Crippen LogP contribution is 2.21. The third-order valence-corrected chi connectivity index (χ3v) is 2.65. The third kappa shape index (κ3) is 4.06. The van der Waals surface area contributed by atoms with E-state index in [0.717, 1.165) is 0 Å². The maximum Gasteiger partial charge on any atom is 0.337 e. The number of nitrogens with one attached hydrogen (secondary N) is 3. The Bertz CT molecular complexity index is 542. The van der Waals surface area contributed by atoms with Gasteiger partial charge in [-0.15, -0.1) is 0 Å². The molecule has 0 fully saturated rings. The van der Waals surface area contributed by atoms with Crippen molar-refractivity contribution in [3.63, 3.8) is 0 Å². The minimum absolute atomic E-state index is 0.0899. The second-order valence-corrected chi connectivity index (χ2v) is 4.25. The number of hydrogen-bond donors (Lipinski definition) is 4. The summed E-state index contributed by atoms with van der Waals surface area (Å²) in [6.07, 6.45) is 0. The first-order valence-corrected chi connectivity index (χ1v) is 5.98. The van der Waals surface area contributed by atoms with E-state index in [4.69, 9.17) is 5.11 Å². The summed E-state index contributed by atoms with van der Waals surface area (Å²) >= 11 is 0. The van der Waals surface area contributed by atoms with E-state index in [9.17, 15) is 14.4 Å². The fourth-order valence-electron chi connectivity index (χ4n) is 1.48. The number of likely N-dealkylation sites (N-methyl/N-ethyl adjacent to an activating group) is 1. The summed E-state index contributed by atoms with van der Waals surface area (Å²) < 4.78 is 0. The summed E-state index contributed by atoms with van der Waals surface area (Å²) in [4.78, 5) is 33.9. The molecule has 0 aliphatic rings. The van der Waals surface area contributed by atoms with Crippen molar-refractivity contribution in [2.24, 2.45) is 0 Å². The van der Waals surface area contributed by atoms with Crippen LogP contribution in [0.15, 0.2) is 18.2 Å². The smallest absolute Gasteiger partial charge is 0.337 e. The minimum atomic E-state index is -1.19. The van der Waals surface area contributed by atoms with Crippen molar-refractivity contribution in [3.8, 4) is 0 Å². The van der Waals surface area contributed by atoms with E-state index in [1.165, 1.54) is 25.1 Å². The molecule has 2 amide bonds. The molecule has 0 aromatic heterocycles. The molecule has 1 aromatic rings. The average molecular weight is 279 g/mol. The van der Waals surface area contributed by atoms with Crippen molar-refractivity contribution in [3.05, 3.63) is 23.8 Å². The molecule has 0 spiro atoms. The lowest BCUT2D eigenvalue weighted by Crippen LogP contribution is -2.35. The summed E-state index contributed by atoms with van der Waals surface area (Å²) in [6.45, 7) is 2.98. The van der Waals surface area contributed by atoms with E-state index in [2.05, 4.69) is 16.0 Å². The first kappa shape index (κ1) is 15.6. The number of rotatable bonds is 5. The molecule has 1 aromatic carbocycles. The lowest BCUT2D eigenvalue weighted by atomic mass is 10.1. The Morgan fingerprint density at radius 2 is 1.85 bits per heavy atom. The van der Waals surface area contributed by atoms with Gasteiger partial charge in [0, 0.05) is 12.6 Å². The van der Waals surface area contributed by atoms with Gasteiger partial charge < -0.3 is 21.1 Å². The zero-order valence-electron chi connectivity index (χ0n) is 11.5. The van der Waals surface area contributed by atoms with Crippen molar-refractivity contribution in [2.45, 2.75) is 19.9 Å². The molecule has 1 unspecified atom stereocenters. The van der Waals surface area contributed by atoms with Crippen molar-refractivity contribution in [2.75, 3.05) is 17.7 Å². The molecule has 0 heterocycles. The fourth-order valence-corrected chi connectivity index (χ4v) is 1.48. The van der Waals surface area contributed by atoms with Crippen LogP contribution in [0.3, 0.4) is 0 Å². The Balaban J connectivity index is 3.04. The molecule has 0 aliphatic heterocycles. The van der Waals surface area contributed by atoms with Crippen LogP contribution in [0.2, 0.25) is 0 Å². The van der Waals surface area contributed by atoms with Gasteiger partial charge in [-0.05, 0) is 32.2 Å². The lowest BCUT2D eigenvalue weighted by molar-refractivity contribution is -0.117. The molecule has 0 saturated carbocycles. The molecule has 7 heteroatoms. The van der Waals surface area contributed by atoms with Crippen LogP contribution in [0.4, 0.5) is 11.4 Å². The molecule has 4 N–H and O–H groups in total. The minimum Gasteiger partial charge on any atom is -0.478 e. The zero-order valence-corrected chi connectivity index (χ0v) is 11.5. The second kappa shape index (κ2) is 6.67. The van der Waals surface area contributed by atoms with Gasteiger partial charge in [0.25, 0.3) is 0 Å². The van der Waals surface area contributed by atoms with Gasteiger partial charge in [-0.2, -0.15) is 0 Å². The van der Waals surface area contributed by atoms with Gasteiger partial charge in [-0.25, -0.2) is 4.79 Å². The summed E-state index contributed by atoms with van der Waals surface area (Å²) in [5, 5.41) is 16.9. The van der Waals surface area contributed by atoms with E-state index in [1.807, 2.05) is 0 Å². The molecular formula is C13H17N3O4. The highest BCUT2D eigenvalue weighted by atomic mass is 16.4. The van der Waals surface area contributed by atoms with Gasteiger partial charge in [0.15, 0.2) is 0 Å². The summed E-state index contributed by atoms with van der Waals surface area (Å²) in [6, 6.07) is 3.80. The van der Waals surface area contributed by atoms with Crippen LogP contribution in [0, 0.1) is 0 Å². The van der Waals surface area contributed by atoms with E-state index >= 15 is 0 Å². The average Bonchev–Trinajstić information content (AvgIpc) is 2.38. The number of benzene rings is 1. The molecule has 1 atom stereocenters. The monoisotopic (exact) mass is 279 g/mol. The summed E-state index contributed by atoms with van der Waals surface area (Å²) in [5.41, 5.74) is 0.446. The number of hydrogen-bond acceptors (Lipinski definition) is 4. The van der Waals surface area contributed by atoms with Crippen LogP contribution in [0.5, 0.6) is 0 Å². The first-order valence-electron chi connectivity index (χ1n) is 5.98. The molecule has 0 radical (unpaired) electrons. The van der Waals surface area contributed by atoms with Gasteiger partial charge in [0.1, 0.15) is 0 Å². The summed E-state index contributed by atoms with van der Waals surface area (Å²) in [5.74, 6) is -1.84. The maximum absolute atomic E-state index is 11.7. The number of amides is 2. The van der Waals surface area contributed by atoms with Crippen molar-refractivity contribution in [1.29, 1.82) is 0 Å². The van der Waals surface area contributed by atoms with Gasteiger partial charge in [-0.1, -0.05) is 0 Å². The standard InChI is InChI=1S/C13H17N3O4/c1-7(14-3)12(18)16-11-5-4-9(15-8(2)17)6-10(11)13(19)20/h4-7,14H,1-3H3,(H,15,17)(H,16,18)(H,19,20). The van der Waals surface area contributed by atoms with Crippen LogP contribution in [-0.4, -0.2) is 36.0 Å². The summed E-state index contributed by atoms with van der Waals surface area (Å²) in [7, 11) is 1.63. The van der Waals surface area contributed by atoms with Gasteiger partial charge in [0.05, 0.1) is 17.3 Å². The van der Waals surface area contributed by atoms with Crippen LogP contribution in [-0.2, 0) is 9.59 Å². The first-order chi connectivity index (χ1) is 9.35. The lowest BCUT2D eigenvalue weighted by Gasteiger charge is -2.14. The Morgan fingerprint density at radius 1 is 1.20 bits per heavy atom. The normalized spacial score (nSPS) is 11.6. The van der Waals surface area contributed by atoms with E-state index in [1.54, 1.807) is 14.0 Å². The van der Waals surface area contributed by atoms with E-state index in [0.29, 0.717) is 5.69 Å². The maximum atomic E-state index is 11.7. The number of carbonyl (C=O) groups is 3. The Morgan fingerprint density at radius 3 is 2.35 bits per heavy atom. The molecule has 20 heavy (non-hydrogen) atoms. The molecule has 0 saturated heterocycles. The van der Waals surface area contributed by atoms with Crippen LogP contribution < -0.4 is 16.0 Å². The Labute approximate surface area is 116 Å². The SMILES string of the molecule is CNC(C)C(=O)Nc1ccc(NC(C)=O)cc1C(=O)O. The molecular weight excluding hydrogens is 262 g/mol. The molecule has 7 nitrogen and oxygen atoms in total. The molecule has 0 bridgehead atoms. The molecule has 0 aliphatic carbocycles. The van der Waals surface area contributed by atoms with Gasteiger partial charge >= 0.3 is 5.97 Å². The number of aromatic carboxylic acids is 1. The second-order valence-electron chi connectivity index (χ2n) is 4.25. The number of anilines is 2. The highest BCUT2D eigenvalue weighted by molar-refractivity contribution is 6.03. The number of carbonyl (C=O) groups excluding carboxylic acids is 2. The van der Waals surface area contributed by atoms with Crippen LogP contribution in [0.1, 0.15) is 24.2 Å². The van der Waals surface area contributed by atoms with Gasteiger partial charge in [-0.3, -0.25) is 9.59 Å². The quantitative estimate of drug-likeness (QED) is 0.640. The van der Waals surface area contributed by atoms with Crippen LogP contribution >= 0.6 is 0 Å². The largest absolute Gasteiger partial charge is 0.478 e. The zero-order chi connectivity index (χ0) is 15.3. The third-order valence-electron chi connectivity index (χ3n) is 2.65. The van der Waals surface area contributed by atoms with E-state index < -0.39 is 12.0 Å². The Hall–Kier alpha value is -2.41. The van der Waals surface area contributed by atoms with Crippen molar-refractivity contribution < 1.29 is 19.5 Å². The van der Waals surface area contributed by atoms with Crippen molar-refractivity contribution in [1.82, 2.24) is 5.32 Å². The van der Waals surface area contributed by atoms with Crippen LogP contribution in [0.25, 0.3) is 0 Å².